The van der Waals surface area contributed by atoms with Crippen LogP contribution in [0.3, 0.4) is 0 Å². The lowest BCUT2D eigenvalue weighted by Crippen LogP contribution is -2.11. The van der Waals surface area contributed by atoms with Crippen LogP contribution in [0.25, 0.3) is 0 Å². The van der Waals surface area contributed by atoms with Crippen molar-refractivity contribution in [3.63, 3.8) is 0 Å². The molecule has 0 bridgehead atoms. The summed E-state index contributed by atoms with van der Waals surface area (Å²) in [5, 5.41) is 4.51. The molecule has 1 N–H and O–H groups in total. The summed E-state index contributed by atoms with van der Waals surface area (Å²) in [5.41, 5.74) is 1.23. The monoisotopic (exact) mass is 236 g/mol. The average Bonchev–Trinajstić information content (AvgIpc) is 2.74. The van der Waals surface area contributed by atoms with E-state index < -0.39 is 0 Å². The Morgan fingerprint density at radius 2 is 2.12 bits per heavy atom. The molecular weight excluding hydrogens is 220 g/mol. The molecule has 2 aromatic rings. The molecular formula is C12H16N2OS. The smallest absolute Gasteiger partial charge is 0.105 e. The van der Waals surface area contributed by atoms with Gasteiger partial charge in [0.15, 0.2) is 0 Å². The fourth-order valence-corrected chi connectivity index (χ4v) is 2.43. The summed E-state index contributed by atoms with van der Waals surface area (Å²) in [4.78, 5) is 5.50. The Labute approximate surface area is 99.5 Å². The first-order valence-electron chi connectivity index (χ1n) is 5.33. The molecule has 0 fully saturated rings. The van der Waals surface area contributed by atoms with Gasteiger partial charge in [0.2, 0.25) is 0 Å². The van der Waals surface area contributed by atoms with Gasteiger partial charge in [-0.3, -0.25) is 0 Å². The van der Waals surface area contributed by atoms with Crippen LogP contribution in [0.5, 0.6) is 0 Å². The standard InChI is InChI=1S/C12H16N2OS/c1-8-4-11(9(2)15-8)5-13-6-12-7-14-10(3)16-12/h4,7,13H,5-6H2,1-3H3. The molecule has 0 spiro atoms. The predicted molar refractivity (Wildman–Crippen MR) is 65.6 cm³/mol. The number of hydrogen-bond donors (Lipinski definition) is 1. The van der Waals surface area contributed by atoms with E-state index in [9.17, 15) is 0 Å². The van der Waals surface area contributed by atoms with E-state index in [-0.39, 0.29) is 0 Å². The summed E-state index contributed by atoms with van der Waals surface area (Å²) in [6.07, 6.45) is 1.93. The SMILES string of the molecule is Cc1cc(CNCc2cnc(C)s2)c(C)o1. The van der Waals surface area contributed by atoms with Gasteiger partial charge in [-0.25, -0.2) is 4.98 Å². The van der Waals surface area contributed by atoms with Crippen molar-refractivity contribution in [1.29, 1.82) is 0 Å². The lowest BCUT2D eigenvalue weighted by atomic mass is 10.2. The van der Waals surface area contributed by atoms with Crippen molar-refractivity contribution in [2.24, 2.45) is 0 Å². The topological polar surface area (TPSA) is 38.1 Å². The van der Waals surface area contributed by atoms with Crippen LogP contribution in [-0.2, 0) is 13.1 Å². The maximum atomic E-state index is 5.47. The van der Waals surface area contributed by atoms with Gasteiger partial charge >= 0.3 is 0 Å². The van der Waals surface area contributed by atoms with Gasteiger partial charge in [0.05, 0.1) is 5.01 Å². The maximum absolute atomic E-state index is 5.47. The second-order valence-electron chi connectivity index (χ2n) is 3.89. The molecule has 3 nitrogen and oxygen atoms in total. The molecule has 0 atom stereocenters. The minimum atomic E-state index is 0.847. The van der Waals surface area contributed by atoms with E-state index in [4.69, 9.17) is 4.42 Å². The van der Waals surface area contributed by atoms with Crippen molar-refractivity contribution in [3.8, 4) is 0 Å². The quantitative estimate of drug-likeness (QED) is 0.887. The van der Waals surface area contributed by atoms with Crippen LogP contribution in [0.4, 0.5) is 0 Å². The minimum absolute atomic E-state index is 0.847. The molecule has 0 aliphatic rings. The fourth-order valence-electron chi connectivity index (χ4n) is 1.67. The van der Waals surface area contributed by atoms with Gasteiger partial charge in [-0.15, -0.1) is 11.3 Å². The normalized spacial score (nSPS) is 10.9. The zero-order valence-electron chi connectivity index (χ0n) is 9.83. The van der Waals surface area contributed by atoms with Crippen LogP contribution in [-0.4, -0.2) is 4.98 Å². The Morgan fingerprint density at radius 1 is 1.31 bits per heavy atom. The Morgan fingerprint density at radius 3 is 2.69 bits per heavy atom. The summed E-state index contributed by atoms with van der Waals surface area (Å²) in [6.45, 7) is 7.72. The van der Waals surface area contributed by atoms with Crippen molar-refractivity contribution in [2.75, 3.05) is 0 Å². The average molecular weight is 236 g/mol. The van der Waals surface area contributed by atoms with Crippen molar-refractivity contribution >= 4 is 11.3 Å². The van der Waals surface area contributed by atoms with E-state index in [2.05, 4.69) is 16.4 Å². The van der Waals surface area contributed by atoms with Gasteiger partial charge in [0.25, 0.3) is 0 Å². The lowest BCUT2D eigenvalue weighted by Gasteiger charge is -2.00. The number of nitrogens with zero attached hydrogens (tertiary/aromatic N) is 1. The fraction of sp³-hybridized carbons (Fsp3) is 0.417. The molecule has 2 aromatic heterocycles. The van der Waals surface area contributed by atoms with Crippen LogP contribution in [0, 0.1) is 20.8 Å². The first kappa shape index (κ1) is 11.4. The van der Waals surface area contributed by atoms with Gasteiger partial charge in [0.1, 0.15) is 11.5 Å². The number of aromatic nitrogens is 1. The first-order chi connectivity index (χ1) is 7.65. The van der Waals surface area contributed by atoms with Crippen molar-refractivity contribution in [2.45, 2.75) is 33.9 Å². The van der Waals surface area contributed by atoms with E-state index >= 15 is 0 Å². The van der Waals surface area contributed by atoms with E-state index in [0.717, 1.165) is 29.6 Å². The number of nitrogens with one attached hydrogen (secondary N) is 1. The predicted octanol–water partition coefficient (Wildman–Crippen LogP) is 2.95. The summed E-state index contributed by atoms with van der Waals surface area (Å²) in [6, 6.07) is 2.08. The zero-order valence-corrected chi connectivity index (χ0v) is 10.6. The number of furan rings is 1. The minimum Gasteiger partial charge on any atom is -0.466 e. The molecule has 16 heavy (non-hydrogen) atoms. The molecule has 0 aromatic carbocycles. The van der Waals surface area contributed by atoms with E-state index in [0.29, 0.717) is 0 Å². The molecule has 86 valence electrons. The molecule has 4 heteroatoms. The Hall–Kier alpha value is -1.13. The summed E-state index contributed by atoms with van der Waals surface area (Å²) < 4.78 is 5.47. The highest BCUT2D eigenvalue weighted by Gasteiger charge is 2.04. The molecule has 0 saturated carbocycles. The molecule has 0 saturated heterocycles. The third-order valence-electron chi connectivity index (χ3n) is 2.43. The summed E-state index contributed by atoms with van der Waals surface area (Å²) >= 11 is 1.74. The molecule has 2 heterocycles. The molecule has 0 radical (unpaired) electrons. The number of aryl methyl sites for hydroxylation is 3. The summed E-state index contributed by atoms with van der Waals surface area (Å²) in [5.74, 6) is 1.98. The highest BCUT2D eigenvalue weighted by molar-refractivity contribution is 7.11. The number of hydrogen-bond acceptors (Lipinski definition) is 4. The van der Waals surface area contributed by atoms with Gasteiger partial charge < -0.3 is 9.73 Å². The number of rotatable bonds is 4. The molecule has 0 aliphatic heterocycles. The molecule has 0 amide bonds. The maximum Gasteiger partial charge on any atom is 0.105 e. The van der Waals surface area contributed by atoms with E-state index in [1.807, 2.05) is 27.0 Å². The van der Waals surface area contributed by atoms with Crippen LogP contribution in [0.1, 0.15) is 27.0 Å². The second kappa shape index (κ2) is 4.80. The van der Waals surface area contributed by atoms with Crippen LogP contribution in [0.2, 0.25) is 0 Å². The van der Waals surface area contributed by atoms with Crippen molar-refractivity contribution in [3.05, 3.63) is 39.2 Å². The Balaban J connectivity index is 1.86. The third kappa shape index (κ3) is 2.71. The van der Waals surface area contributed by atoms with Crippen LogP contribution < -0.4 is 5.32 Å². The van der Waals surface area contributed by atoms with Gasteiger partial charge in [0, 0.05) is 29.7 Å². The molecule has 0 unspecified atom stereocenters. The summed E-state index contributed by atoms with van der Waals surface area (Å²) in [7, 11) is 0. The lowest BCUT2D eigenvalue weighted by molar-refractivity contribution is 0.499. The molecule has 2 rings (SSSR count). The second-order valence-corrected chi connectivity index (χ2v) is 5.21. The molecule has 0 aliphatic carbocycles. The first-order valence-corrected chi connectivity index (χ1v) is 6.15. The highest BCUT2D eigenvalue weighted by Crippen LogP contribution is 2.14. The van der Waals surface area contributed by atoms with Crippen molar-refractivity contribution < 1.29 is 4.42 Å². The van der Waals surface area contributed by atoms with Crippen LogP contribution >= 0.6 is 11.3 Å². The van der Waals surface area contributed by atoms with E-state index in [1.54, 1.807) is 11.3 Å². The van der Waals surface area contributed by atoms with Gasteiger partial charge in [-0.2, -0.15) is 0 Å². The largest absolute Gasteiger partial charge is 0.466 e. The number of thiazole rings is 1. The van der Waals surface area contributed by atoms with Gasteiger partial charge in [-0.05, 0) is 26.8 Å². The third-order valence-corrected chi connectivity index (χ3v) is 3.34. The zero-order chi connectivity index (χ0) is 11.5. The Bertz CT molecular complexity index is 473. The highest BCUT2D eigenvalue weighted by atomic mass is 32.1. The van der Waals surface area contributed by atoms with Crippen LogP contribution in [0.15, 0.2) is 16.7 Å². The van der Waals surface area contributed by atoms with Crippen molar-refractivity contribution in [1.82, 2.24) is 10.3 Å². The van der Waals surface area contributed by atoms with Gasteiger partial charge in [-0.1, -0.05) is 0 Å². The Kier molecular flexibility index (Phi) is 3.41. The van der Waals surface area contributed by atoms with E-state index in [1.165, 1.54) is 10.4 Å².